The average molecular weight is 270 g/mol. The fraction of sp³-hybridized carbons (Fsp3) is 0.769. The van der Waals surface area contributed by atoms with Crippen LogP contribution in [0.5, 0.6) is 0 Å². The van der Waals surface area contributed by atoms with Gasteiger partial charge in [0.15, 0.2) is 5.79 Å². The molecule has 102 valence electrons. The highest BCUT2D eigenvalue weighted by Crippen LogP contribution is 2.41. The fourth-order valence-electron chi connectivity index (χ4n) is 2.89. The van der Waals surface area contributed by atoms with Crippen LogP contribution >= 0.6 is 11.3 Å². The minimum absolute atomic E-state index is 0.376. The molecule has 1 saturated carbocycles. The molecule has 0 spiro atoms. The first kappa shape index (κ1) is 13.9. The number of ether oxygens (including phenoxy) is 2. The van der Waals surface area contributed by atoms with Crippen LogP contribution in [0.25, 0.3) is 0 Å². The minimum Gasteiger partial charge on any atom is -0.353 e. The Morgan fingerprint density at radius 2 is 2.11 bits per heavy atom. The monoisotopic (exact) mass is 270 g/mol. The van der Waals surface area contributed by atoms with E-state index in [-0.39, 0.29) is 5.79 Å². The molecule has 1 fully saturated rings. The third-order valence-electron chi connectivity index (χ3n) is 4.13. The number of hydrogen-bond acceptors (Lipinski definition) is 5. The van der Waals surface area contributed by atoms with Crippen LogP contribution in [0.15, 0.2) is 11.6 Å². The molecule has 2 N–H and O–H groups in total. The Balaban J connectivity index is 2.00. The number of hydrogen-bond donors (Lipinski definition) is 1. The molecule has 1 heterocycles. The maximum atomic E-state index is 5.93. The van der Waals surface area contributed by atoms with Crippen molar-refractivity contribution in [1.82, 2.24) is 4.98 Å². The highest BCUT2D eigenvalue weighted by Gasteiger charge is 2.38. The molecule has 1 aliphatic carbocycles. The van der Waals surface area contributed by atoms with Crippen LogP contribution in [0.3, 0.4) is 0 Å². The highest BCUT2D eigenvalue weighted by atomic mass is 32.1. The van der Waals surface area contributed by atoms with E-state index in [2.05, 4.69) is 4.98 Å². The summed E-state index contributed by atoms with van der Waals surface area (Å²) in [6.07, 6.45) is 5.91. The molecular formula is C13H22N2O2S. The smallest absolute Gasteiger partial charge is 0.167 e. The van der Waals surface area contributed by atoms with Crippen molar-refractivity contribution in [2.75, 3.05) is 20.8 Å². The van der Waals surface area contributed by atoms with Crippen LogP contribution < -0.4 is 5.73 Å². The third-order valence-corrected chi connectivity index (χ3v) is 5.04. The van der Waals surface area contributed by atoms with Crippen molar-refractivity contribution < 1.29 is 9.47 Å². The SMILES string of the molecule is COC1(OC)CCC(C(CN)c2nccs2)CC1. The van der Waals surface area contributed by atoms with Crippen LogP contribution in [0.4, 0.5) is 0 Å². The lowest BCUT2D eigenvalue weighted by Crippen LogP contribution is -2.39. The first-order valence-corrected chi connectivity index (χ1v) is 7.32. The lowest BCUT2D eigenvalue weighted by atomic mass is 9.77. The number of aromatic nitrogens is 1. The normalized spacial score (nSPS) is 21.9. The second kappa shape index (κ2) is 6.10. The number of rotatable bonds is 5. The highest BCUT2D eigenvalue weighted by molar-refractivity contribution is 7.09. The lowest BCUT2D eigenvalue weighted by Gasteiger charge is -2.39. The molecule has 0 aliphatic heterocycles. The molecule has 0 saturated heterocycles. The zero-order valence-corrected chi connectivity index (χ0v) is 11.9. The number of thiazole rings is 1. The molecule has 1 atom stereocenters. The molecule has 0 bridgehead atoms. The van der Waals surface area contributed by atoms with Crippen LogP contribution in [-0.4, -0.2) is 31.5 Å². The zero-order valence-electron chi connectivity index (χ0n) is 11.1. The third kappa shape index (κ3) is 2.74. The molecular weight excluding hydrogens is 248 g/mol. The van der Waals surface area contributed by atoms with Gasteiger partial charge in [0.05, 0.1) is 5.01 Å². The molecule has 1 unspecified atom stereocenters. The van der Waals surface area contributed by atoms with Gasteiger partial charge in [0.2, 0.25) is 0 Å². The molecule has 0 aromatic carbocycles. The maximum absolute atomic E-state index is 5.93. The molecule has 0 amide bonds. The van der Waals surface area contributed by atoms with Gasteiger partial charge in [-0.3, -0.25) is 0 Å². The largest absolute Gasteiger partial charge is 0.353 e. The van der Waals surface area contributed by atoms with E-state index in [9.17, 15) is 0 Å². The van der Waals surface area contributed by atoms with E-state index >= 15 is 0 Å². The summed E-state index contributed by atoms with van der Waals surface area (Å²) in [4.78, 5) is 4.42. The molecule has 18 heavy (non-hydrogen) atoms. The first-order valence-electron chi connectivity index (χ1n) is 6.44. The van der Waals surface area contributed by atoms with Crippen molar-refractivity contribution in [3.05, 3.63) is 16.6 Å². The van der Waals surface area contributed by atoms with E-state index in [1.54, 1.807) is 25.6 Å². The summed E-state index contributed by atoms with van der Waals surface area (Å²) in [5, 5.41) is 3.19. The summed E-state index contributed by atoms with van der Waals surface area (Å²) >= 11 is 1.71. The Morgan fingerprint density at radius 1 is 1.44 bits per heavy atom. The standard InChI is InChI=1S/C13H22N2O2S/c1-16-13(17-2)5-3-10(4-6-13)11(9-14)12-15-7-8-18-12/h7-8,10-11H,3-6,9,14H2,1-2H3. The molecule has 1 aromatic heterocycles. The van der Waals surface area contributed by atoms with Crippen molar-refractivity contribution in [2.45, 2.75) is 37.4 Å². The van der Waals surface area contributed by atoms with Gasteiger partial charge in [0.1, 0.15) is 0 Å². The van der Waals surface area contributed by atoms with E-state index < -0.39 is 0 Å². The van der Waals surface area contributed by atoms with Gasteiger partial charge in [-0.25, -0.2) is 4.98 Å². The second-order valence-electron chi connectivity index (χ2n) is 4.87. The number of nitrogens with zero attached hydrogens (tertiary/aromatic N) is 1. The Bertz CT molecular complexity index is 342. The molecule has 5 heteroatoms. The summed E-state index contributed by atoms with van der Waals surface area (Å²) in [5.41, 5.74) is 5.93. The summed E-state index contributed by atoms with van der Waals surface area (Å²) < 4.78 is 11.0. The summed E-state index contributed by atoms with van der Waals surface area (Å²) in [7, 11) is 3.45. The Kier molecular flexibility index (Phi) is 4.72. The summed E-state index contributed by atoms with van der Waals surface area (Å²) in [6.45, 7) is 0.672. The van der Waals surface area contributed by atoms with Crippen LogP contribution in [0.2, 0.25) is 0 Å². The molecule has 1 aliphatic rings. The van der Waals surface area contributed by atoms with E-state index in [1.165, 1.54) is 5.01 Å². The van der Waals surface area contributed by atoms with Gasteiger partial charge >= 0.3 is 0 Å². The van der Waals surface area contributed by atoms with Crippen molar-refractivity contribution in [1.29, 1.82) is 0 Å². The Morgan fingerprint density at radius 3 is 2.56 bits per heavy atom. The first-order chi connectivity index (χ1) is 8.74. The van der Waals surface area contributed by atoms with Gasteiger partial charge < -0.3 is 15.2 Å². The lowest BCUT2D eigenvalue weighted by molar-refractivity contribution is -0.228. The molecule has 0 radical (unpaired) electrons. The number of nitrogens with two attached hydrogens (primary N) is 1. The van der Waals surface area contributed by atoms with Crippen molar-refractivity contribution >= 4 is 11.3 Å². The zero-order chi connectivity index (χ0) is 13.0. The van der Waals surface area contributed by atoms with E-state index in [0.717, 1.165) is 25.7 Å². The topological polar surface area (TPSA) is 57.4 Å². The fourth-order valence-corrected chi connectivity index (χ4v) is 3.73. The van der Waals surface area contributed by atoms with Gasteiger partial charge in [0.25, 0.3) is 0 Å². The van der Waals surface area contributed by atoms with Gasteiger partial charge in [-0.15, -0.1) is 11.3 Å². The minimum atomic E-state index is -0.376. The van der Waals surface area contributed by atoms with Gasteiger partial charge in [-0.05, 0) is 18.8 Å². The quantitative estimate of drug-likeness (QED) is 0.835. The van der Waals surface area contributed by atoms with Gasteiger partial charge in [-0.1, -0.05) is 0 Å². The van der Waals surface area contributed by atoms with Gasteiger partial charge in [0, 0.05) is 51.1 Å². The van der Waals surface area contributed by atoms with Crippen molar-refractivity contribution in [2.24, 2.45) is 11.7 Å². The van der Waals surface area contributed by atoms with Gasteiger partial charge in [-0.2, -0.15) is 0 Å². The van der Waals surface area contributed by atoms with E-state index in [0.29, 0.717) is 18.4 Å². The summed E-state index contributed by atoms with van der Waals surface area (Å²) in [6, 6.07) is 0. The van der Waals surface area contributed by atoms with Crippen LogP contribution in [-0.2, 0) is 9.47 Å². The van der Waals surface area contributed by atoms with E-state index in [4.69, 9.17) is 15.2 Å². The predicted octanol–water partition coefficient (Wildman–Crippen LogP) is 2.36. The van der Waals surface area contributed by atoms with Crippen molar-refractivity contribution in [3.8, 4) is 0 Å². The number of methoxy groups -OCH3 is 2. The Hall–Kier alpha value is -0.490. The maximum Gasteiger partial charge on any atom is 0.167 e. The molecule has 2 rings (SSSR count). The predicted molar refractivity (Wildman–Crippen MR) is 72.6 cm³/mol. The van der Waals surface area contributed by atoms with Crippen LogP contribution in [0.1, 0.15) is 36.6 Å². The van der Waals surface area contributed by atoms with Crippen LogP contribution in [0, 0.1) is 5.92 Å². The van der Waals surface area contributed by atoms with E-state index in [1.807, 2.05) is 11.6 Å². The second-order valence-corrected chi connectivity index (χ2v) is 5.80. The molecule has 1 aromatic rings. The summed E-state index contributed by atoms with van der Waals surface area (Å²) in [5.74, 6) is 0.606. The Labute approximate surface area is 113 Å². The molecule has 4 nitrogen and oxygen atoms in total. The average Bonchev–Trinajstić information content (AvgIpc) is 2.95. The van der Waals surface area contributed by atoms with Crippen molar-refractivity contribution in [3.63, 3.8) is 0 Å².